The van der Waals surface area contributed by atoms with Crippen molar-refractivity contribution in [1.29, 1.82) is 0 Å². The quantitative estimate of drug-likeness (QED) is 0.160. The first-order chi connectivity index (χ1) is 27.7. The number of phenols is 2. The first-order valence-corrected chi connectivity index (χ1v) is 19.9. The molecule has 0 saturated carbocycles. The predicted octanol–water partition coefficient (Wildman–Crippen LogP) is 5.69. The number of amides is 2. The molecule has 0 saturated heterocycles. The molecule has 2 aromatic rings. The highest BCUT2D eigenvalue weighted by Gasteiger charge is 2.49. The first kappa shape index (κ1) is 46.6. The average Bonchev–Trinajstić information content (AvgIpc) is 3.46. The zero-order valence-electron chi connectivity index (χ0n) is 35.8. The highest BCUT2D eigenvalue weighted by atomic mass is 16.7. The number of aliphatic hydroxyl groups excluding tert-OH is 2. The lowest BCUT2D eigenvalue weighted by Gasteiger charge is -2.38. The van der Waals surface area contributed by atoms with E-state index in [-0.39, 0.29) is 50.6 Å². The number of likely N-dealkylation sites (N-methyl/N-ethyl adjacent to an activating group) is 1. The van der Waals surface area contributed by atoms with Crippen LogP contribution in [0.1, 0.15) is 84.2 Å². The van der Waals surface area contributed by atoms with E-state index in [1.165, 1.54) is 64.2 Å². The maximum Gasteiger partial charge on any atom is 0.312 e. The van der Waals surface area contributed by atoms with E-state index in [1.54, 1.807) is 46.9 Å². The molecule has 9 atom stereocenters. The van der Waals surface area contributed by atoms with Gasteiger partial charge in [0, 0.05) is 80.8 Å². The number of benzene rings is 2. The number of nitrogens with one attached hydrogen (secondary N) is 1. The van der Waals surface area contributed by atoms with Crippen molar-refractivity contribution in [2.24, 2.45) is 23.7 Å². The van der Waals surface area contributed by atoms with Crippen LogP contribution in [0, 0.1) is 30.6 Å². The number of aliphatic hydroxyl groups is 2. The summed E-state index contributed by atoms with van der Waals surface area (Å²) in [7, 11) is 3.07. The molecule has 5 N–H and O–H groups in total. The lowest BCUT2D eigenvalue weighted by molar-refractivity contribution is -0.160. The van der Waals surface area contributed by atoms with Gasteiger partial charge in [-0.2, -0.15) is 0 Å². The van der Waals surface area contributed by atoms with Crippen LogP contribution in [0.25, 0.3) is 10.8 Å². The number of ether oxygens (including phenoxy) is 5. The van der Waals surface area contributed by atoms with Crippen molar-refractivity contribution in [2.75, 3.05) is 32.6 Å². The van der Waals surface area contributed by atoms with Crippen molar-refractivity contribution in [3.63, 3.8) is 0 Å². The summed E-state index contributed by atoms with van der Waals surface area (Å²) in [5, 5.41) is 48.4. The number of nitrogens with zero attached hydrogens (tertiary/aromatic N) is 1. The van der Waals surface area contributed by atoms with Crippen molar-refractivity contribution in [2.45, 2.75) is 105 Å². The van der Waals surface area contributed by atoms with Gasteiger partial charge in [0.05, 0.1) is 41.2 Å². The number of hydrogen-bond donors (Lipinski definition) is 5. The third kappa shape index (κ3) is 9.85. The van der Waals surface area contributed by atoms with Gasteiger partial charge in [-0.05, 0) is 26.3 Å². The van der Waals surface area contributed by atoms with Gasteiger partial charge in [0.25, 0.3) is 17.6 Å². The number of hydrogen-bond acceptors (Lipinski definition) is 13. The van der Waals surface area contributed by atoms with E-state index in [0.29, 0.717) is 6.54 Å². The Morgan fingerprint density at radius 3 is 2.29 bits per heavy atom. The molecular formula is C44H60N2O13. The molecule has 0 aromatic heterocycles. The summed E-state index contributed by atoms with van der Waals surface area (Å²) in [6.45, 7) is 14.6. The SMILES string of the molecule is CCCCN(C)C(=O)COc1cc2c(O)c3c(O)c(C)c4c(c13)C(=O)[C@@](C)(O/C=C/[C@H](OC)[C@@H](C)[C@@H](OC(C)=O)[C@H](C)[C@@H](O)[C@H](C)[C@H](O)[C@H](C)/C=C/C=C(/C)C(=O)N2)O4. The zero-order valence-corrected chi connectivity index (χ0v) is 35.8. The molecule has 324 valence electrons. The molecule has 2 aromatic carbocycles. The number of methoxy groups -OCH3 is 1. The molecule has 15 heteroatoms. The van der Waals surface area contributed by atoms with Crippen LogP contribution in [0.4, 0.5) is 5.69 Å². The molecule has 3 aliphatic rings. The number of esters is 1. The Kier molecular flexibility index (Phi) is 15.2. The molecule has 5 rings (SSSR count). The summed E-state index contributed by atoms with van der Waals surface area (Å²) < 4.78 is 29.7. The number of allylic oxidation sites excluding steroid dienone is 2. The second-order valence-corrected chi connectivity index (χ2v) is 15.9. The fourth-order valence-electron chi connectivity index (χ4n) is 7.52. The molecule has 3 heterocycles. The predicted molar refractivity (Wildman–Crippen MR) is 220 cm³/mol. The molecule has 3 aliphatic heterocycles. The molecule has 2 amide bonds. The van der Waals surface area contributed by atoms with Gasteiger partial charge in [0.15, 0.2) is 12.4 Å². The minimum absolute atomic E-state index is 0.0562. The Morgan fingerprint density at radius 1 is 0.983 bits per heavy atom. The van der Waals surface area contributed by atoms with Gasteiger partial charge in [0.1, 0.15) is 23.4 Å². The Labute approximate surface area is 345 Å². The molecule has 0 spiro atoms. The summed E-state index contributed by atoms with van der Waals surface area (Å²) in [5.74, 6) is -8.01. The lowest BCUT2D eigenvalue weighted by Crippen LogP contribution is -2.46. The number of carbonyl (C=O) groups excluding carboxylic acids is 4. The van der Waals surface area contributed by atoms with E-state index in [2.05, 4.69) is 5.32 Å². The highest BCUT2D eigenvalue weighted by molar-refractivity contribution is 6.21. The molecule has 0 aliphatic carbocycles. The third-order valence-electron chi connectivity index (χ3n) is 11.4. The van der Waals surface area contributed by atoms with E-state index >= 15 is 0 Å². The maximum atomic E-state index is 14.5. The van der Waals surface area contributed by atoms with Crippen LogP contribution >= 0.6 is 0 Å². The minimum Gasteiger partial charge on any atom is -0.507 e. The standard InChI is InChI=1S/C44H60N2O13/c1-12-13-18-46(10)32(48)21-56-31-20-29-39(52)34-33(31)35-41(27(7)38(34)51)59-44(9,42(35)53)57-19-17-30(55-11)24(4)40(58-28(8)47)26(6)37(50)25(5)36(49)22(2)15-14-16-23(3)43(54)45-29/h14-17,19-20,22,24-26,30,36-37,40,49-52H,12-13,18,21H2,1-11H3,(H,45,54)/b15-14+,19-17+,23-16-/t22-,24-,25-,26-,30+,36-,37+,40-,44+/m1/s1. The van der Waals surface area contributed by atoms with Gasteiger partial charge in [-0.1, -0.05) is 59.3 Å². The molecule has 5 bridgehead atoms. The number of anilines is 1. The molecular weight excluding hydrogens is 764 g/mol. The first-order valence-electron chi connectivity index (χ1n) is 19.9. The van der Waals surface area contributed by atoms with E-state index in [9.17, 15) is 39.6 Å². The van der Waals surface area contributed by atoms with Crippen LogP contribution < -0.4 is 14.8 Å². The number of rotatable bonds is 8. The topological polar surface area (TPSA) is 211 Å². The van der Waals surface area contributed by atoms with Gasteiger partial charge >= 0.3 is 11.8 Å². The second-order valence-electron chi connectivity index (χ2n) is 15.9. The molecule has 0 fully saturated rings. The van der Waals surface area contributed by atoms with Crippen molar-refractivity contribution >= 4 is 40.0 Å². The van der Waals surface area contributed by atoms with Crippen molar-refractivity contribution < 1.29 is 63.3 Å². The van der Waals surface area contributed by atoms with E-state index < -0.39 is 89.6 Å². The van der Waals surface area contributed by atoms with E-state index in [0.717, 1.165) is 12.8 Å². The Bertz CT molecular complexity index is 2010. The number of fused-ring (bicyclic) bond motifs is 14. The average molecular weight is 825 g/mol. The highest BCUT2D eigenvalue weighted by Crippen LogP contribution is 2.54. The van der Waals surface area contributed by atoms with Crippen molar-refractivity contribution in [3.8, 4) is 23.0 Å². The normalized spacial score (nSPS) is 29.8. The Morgan fingerprint density at radius 2 is 1.66 bits per heavy atom. The fourth-order valence-corrected chi connectivity index (χ4v) is 7.52. The van der Waals surface area contributed by atoms with Gasteiger partial charge in [-0.15, -0.1) is 0 Å². The smallest absolute Gasteiger partial charge is 0.312 e. The van der Waals surface area contributed by atoms with Crippen LogP contribution in [-0.4, -0.2) is 106 Å². The van der Waals surface area contributed by atoms with Crippen molar-refractivity contribution in [3.05, 3.63) is 53.3 Å². The second kappa shape index (κ2) is 19.3. The summed E-state index contributed by atoms with van der Waals surface area (Å²) in [5.41, 5.74) is -0.00381. The fraction of sp³-hybridized carbons (Fsp3) is 0.545. The van der Waals surface area contributed by atoms with Gasteiger partial charge in [0.2, 0.25) is 0 Å². The Balaban J connectivity index is 1.92. The van der Waals surface area contributed by atoms with Gasteiger partial charge in [-0.25, -0.2) is 0 Å². The van der Waals surface area contributed by atoms with Crippen LogP contribution in [0.3, 0.4) is 0 Å². The molecule has 59 heavy (non-hydrogen) atoms. The monoisotopic (exact) mass is 824 g/mol. The van der Waals surface area contributed by atoms with Crippen LogP contribution in [-0.2, 0) is 28.6 Å². The number of aromatic hydroxyl groups is 2. The number of phenolic OH excluding ortho intramolecular Hbond substituents is 2. The van der Waals surface area contributed by atoms with E-state index in [4.69, 9.17) is 23.7 Å². The lowest BCUT2D eigenvalue weighted by atomic mass is 9.78. The molecule has 0 unspecified atom stereocenters. The van der Waals surface area contributed by atoms with Crippen LogP contribution in [0.5, 0.6) is 23.0 Å². The molecule has 15 nitrogen and oxygen atoms in total. The van der Waals surface area contributed by atoms with Gasteiger partial charge < -0.3 is 54.3 Å². The number of ketones is 1. The van der Waals surface area contributed by atoms with Crippen LogP contribution in [0.15, 0.2) is 42.2 Å². The zero-order chi connectivity index (χ0) is 44.1. The number of Topliss-reactive ketones (excluding diaryl/α,β-unsaturated/α-hetero) is 1. The van der Waals surface area contributed by atoms with Gasteiger partial charge in [-0.3, -0.25) is 19.2 Å². The number of carbonyl (C=O) groups is 4. The largest absolute Gasteiger partial charge is 0.507 e. The Hall–Kier alpha value is -5.12. The third-order valence-corrected chi connectivity index (χ3v) is 11.4. The van der Waals surface area contributed by atoms with Crippen molar-refractivity contribution in [1.82, 2.24) is 4.90 Å². The molecule has 0 radical (unpaired) electrons. The minimum atomic E-state index is -2.02. The van der Waals surface area contributed by atoms with E-state index in [1.807, 2.05) is 6.92 Å². The summed E-state index contributed by atoms with van der Waals surface area (Å²) in [6.07, 6.45) is 5.23. The summed E-state index contributed by atoms with van der Waals surface area (Å²) >= 11 is 0. The summed E-state index contributed by atoms with van der Waals surface area (Å²) in [4.78, 5) is 55.0. The van der Waals surface area contributed by atoms with Crippen LogP contribution in [0.2, 0.25) is 0 Å². The summed E-state index contributed by atoms with van der Waals surface area (Å²) in [6, 6.07) is 1.27. The maximum absolute atomic E-state index is 14.5. The number of unbranched alkanes of at least 4 members (excludes halogenated alkanes) is 1.